The second-order valence-electron chi connectivity index (χ2n) is 6.22. The van der Waals surface area contributed by atoms with E-state index in [-0.39, 0.29) is 17.3 Å². The van der Waals surface area contributed by atoms with Gasteiger partial charge in [0.25, 0.3) is 21.8 Å². The molecule has 0 bridgehead atoms. The second-order valence-corrected chi connectivity index (χ2v) is 7.87. The Morgan fingerprint density at radius 1 is 1.17 bits per heavy atom. The number of rotatable bonds is 5. The molecule has 0 aromatic heterocycles. The summed E-state index contributed by atoms with van der Waals surface area (Å²) in [5.41, 5.74) is 5.23. The number of amides is 2. The number of nitriles is 1. The van der Waals surface area contributed by atoms with Gasteiger partial charge >= 0.3 is 0 Å². The van der Waals surface area contributed by atoms with Crippen molar-refractivity contribution in [3.8, 4) is 11.8 Å². The van der Waals surface area contributed by atoms with Crippen molar-refractivity contribution in [1.29, 1.82) is 5.26 Å². The van der Waals surface area contributed by atoms with E-state index >= 15 is 0 Å². The monoisotopic (exact) mass is 427 g/mol. The lowest BCUT2D eigenvalue weighted by Crippen LogP contribution is -2.47. The number of aliphatic imine (C=N–C) groups is 1. The van der Waals surface area contributed by atoms with Gasteiger partial charge in [0.05, 0.1) is 16.5 Å². The Morgan fingerprint density at radius 3 is 2.57 bits per heavy atom. The van der Waals surface area contributed by atoms with Crippen LogP contribution in [-0.4, -0.2) is 38.7 Å². The highest BCUT2D eigenvalue weighted by atomic mass is 32.2. The molecule has 1 aliphatic rings. The Labute approximate surface area is 172 Å². The fraction of sp³-hybridized carbons (Fsp3) is 0.158. The van der Waals surface area contributed by atoms with Gasteiger partial charge in [0.2, 0.25) is 0 Å². The van der Waals surface area contributed by atoms with Crippen molar-refractivity contribution in [2.24, 2.45) is 4.99 Å². The summed E-state index contributed by atoms with van der Waals surface area (Å²) in [7, 11) is -3.71. The van der Waals surface area contributed by atoms with Gasteiger partial charge in [0, 0.05) is 5.56 Å². The first kappa shape index (κ1) is 20.8. The summed E-state index contributed by atoms with van der Waals surface area (Å²) >= 11 is 0. The molecule has 0 spiro atoms. The first-order valence-corrected chi connectivity index (χ1v) is 10.2. The minimum absolute atomic E-state index is 0.0590. The van der Waals surface area contributed by atoms with Crippen LogP contribution < -0.4 is 20.3 Å². The van der Waals surface area contributed by atoms with Crippen LogP contribution in [0.3, 0.4) is 0 Å². The molecule has 0 fully saturated rings. The predicted molar refractivity (Wildman–Crippen MR) is 106 cm³/mol. The van der Waals surface area contributed by atoms with E-state index in [1.807, 2.05) is 6.07 Å². The van der Waals surface area contributed by atoms with Crippen molar-refractivity contribution in [3.05, 3.63) is 59.7 Å². The van der Waals surface area contributed by atoms with Crippen molar-refractivity contribution in [1.82, 2.24) is 15.6 Å². The average Bonchev–Trinajstić information content (AvgIpc) is 3.00. The molecule has 0 saturated carbocycles. The summed E-state index contributed by atoms with van der Waals surface area (Å²) < 4.78 is 31.7. The lowest BCUT2D eigenvalue weighted by molar-refractivity contribution is -0.130. The maximum Gasteiger partial charge on any atom is 0.276 e. The zero-order valence-corrected chi connectivity index (χ0v) is 16.6. The van der Waals surface area contributed by atoms with E-state index in [2.05, 4.69) is 20.6 Å². The summed E-state index contributed by atoms with van der Waals surface area (Å²) in [6.45, 7) is 1.10. The number of hydrazine groups is 1. The third kappa shape index (κ3) is 4.73. The van der Waals surface area contributed by atoms with E-state index in [0.717, 1.165) is 0 Å². The van der Waals surface area contributed by atoms with Gasteiger partial charge in [-0.2, -0.15) is 5.26 Å². The number of carbonyl (C=O) groups is 2. The van der Waals surface area contributed by atoms with Gasteiger partial charge in [0.15, 0.2) is 6.61 Å². The largest absolute Gasteiger partial charge is 0.484 e. The molecule has 3 rings (SSSR count). The molecule has 2 aromatic rings. The molecule has 0 saturated heterocycles. The maximum atomic E-state index is 12.2. The first-order valence-electron chi connectivity index (χ1n) is 8.72. The van der Waals surface area contributed by atoms with Crippen LogP contribution in [0.5, 0.6) is 5.75 Å². The summed E-state index contributed by atoms with van der Waals surface area (Å²) in [5, 5.41) is 8.74. The molecule has 2 aromatic carbocycles. The van der Waals surface area contributed by atoms with Crippen LogP contribution in [0.15, 0.2) is 58.4 Å². The van der Waals surface area contributed by atoms with Crippen LogP contribution in [0.4, 0.5) is 0 Å². The Balaban J connectivity index is 1.53. The highest BCUT2D eigenvalue weighted by Crippen LogP contribution is 2.22. The summed E-state index contributed by atoms with van der Waals surface area (Å²) in [6, 6.07) is 13.5. The number of amidine groups is 1. The molecule has 1 atom stereocenters. The number of ether oxygens (including phenoxy) is 1. The molecule has 0 unspecified atom stereocenters. The quantitative estimate of drug-likeness (QED) is 0.581. The van der Waals surface area contributed by atoms with Gasteiger partial charge in [-0.05, 0) is 43.3 Å². The maximum absolute atomic E-state index is 12.2. The molecule has 30 heavy (non-hydrogen) atoms. The zero-order chi connectivity index (χ0) is 21.7. The minimum atomic E-state index is -3.71. The molecular weight excluding hydrogens is 410 g/mol. The van der Waals surface area contributed by atoms with Gasteiger partial charge in [0.1, 0.15) is 17.6 Å². The van der Waals surface area contributed by atoms with Gasteiger partial charge in [-0.15, -0.1) is 0 Å². The normalized spacial score (nSPS) is 15.9. The van der Waals surface area contributed by atoms with E-state index < -0.39 is 27.9 Å². The Hall–Kier alpha value is -3.91. The van der Waals surface area contributed by atoms with E-state index in [1.165, 1.54) is 13.0 Å². The number of nitrogens with one attached hydrogen (secondary N) is 3. The average molecular weight is 427 g/mol. The van der Waals surface area contributed by atoms with Crippen LogP contribution >= 0.6 is 0 Å². The number of hydrogen-bond donors (Lipinski definition) is 3. The Bertz CT molecular complexity index is 1150. The van der Waals surface area contributed by atoms with E-state index in [4.69, 9.17) is 10.00 Å². The van der Waals surface area contributed by atoms with Crippen molar-refractivity contribution < 1.29 is 22.7 Å². The fourth-order valence-corrected chi connectivity index (χ4v) is 3.77. The number of hydrogen-bond acceptors (Lipinski definition) is 7. The number of carbonyl (C=O) groups excluding carboxylic acids is 2. The molecule has 1 aliphatic heterocycles. The predicted octanol–water partition coefficient (Wildman–Crippen LogP) is 0.212. The molecule has 0 radical (unpaired) electrons. The van der Waals surface area contributed by atoms with Crippen molar-refractivity contribution >= 4 is 27.7 Å². The number of fused-ring (bicyclic) bond motifs is 1. The zero-order valence-electron chi connectivity index (χ0n) is 15.7. The molecule has 11 heteroatoms. The van der Waals surface area contributed by atoms with Gasteiger partial charge in [-0.1, -0.05) is 12.1 Å². The van der Waals surface area contributed by atoms with Crippen LogP contribution in [-0.2, 0) is 19.6 Å². The summed E-state index contributed by atoms with van der Waals surface area (Å²) in [4.78, 5) is 28.2. The molecule has 2 amide bonds. The summed E-state index contributed by atoms with van der Waals surface area (Å²) in [5.74, 6) is -0.802. The van der Waals surface area contributed by atoms with Crippen LogP contribution in [0.25, 0.3) is 0 Å². The number of benzene rings is 2. The lowest BCUT2D eigenvalue weighted by atomic mass is 10.2. The third-order valence-corrected chi connectivity index (χ3v) is 5.44. The molecule has 3 N–H and O–H groups in total. The minimum Gasteiger partial charge on any atom is -0.484 e. The van der Waals surface area contributed by atoms with E-state index in [0.29, 0.717) is 16.9 Å². The highest BCUT2D eigenvalue weighted by Gasteiger charge is 2.31. The van der Waals surface area contributed by atoms with Gasteiger partial charge in [-0.25, -0.2) is 8.42 Å². The lowest BCUT2D eigenvalue weighted by Gasteiger charge is -2.11. The van der Waals surface area contributed by atoms with Gasteiger partial charge in [-0.3, -0.25) is 30.2 Å². The van der Waals surface area contributed by atoms with E-state index in [1.54, 1.807) is 42.5 Å². The van der Waals surface area contributed by atoms with E-state index in [9.17, 15) is 18.0 Å². The smallest absolute Gasteiger partial charge is 0.276 e. The standard InChI is InChI=1S/C19H17N5O5S/c1-12(21-18-15-4-2-3-5-16(15)30(27,28)24-18)19(26)23-22-17(25)11-29-14-8-6-13(10-20)7-9-14/h2-9,12H,11H2,1H3,(H,21,24)(H,22,25)(H,23,26)/t12-/m0/s1. The third-order valence-electron chi connectivity index (χ3n) is 4.04. The number of nitrogens with zero attached hydrogens (tertiary/aromatic N) is 2. The van der Waals surface area contributed by atoms with Crippen LogP contribution in [0.2, 0.25) is 0 Å². The Kier molecular flexibility index (Phi) is 5.98. The Morgan fingerprint density at radius 2 is 1.87 bits per heavy atom. The van der Waals surface area contributed by atoms with Crippen molar-refractivity contribution in [2.75, 3.05) is 6.61 Å². The van der Waals surface area contributed by atoms with Crippen LogP contribution in [0, 0.1) is 11.3 Å². The number of sulfonamides is 1. The molecule has 10 nitrogen and oxygen atoms in total. The summed E-state index contributed by atoms with van der Waals surface area (Å²) in [6.07, 6.45) is 0. The molecular formula is C19H17N5O5S. The highest BCUT2D eigenvalue weighted by molar-refractivity contribution is 7.90. The van der Waals surface area contributed by atoms with Crippen LogP contribution in [0.1, 0.15) is 18.1 Å². The molecule has 0 aliphatic carbocycles. The topological polar surface area (TPSA) is 150 Å². The fourth-order valence-electron chi connectivity index (χ4n) is 2.53. The van der Waals surface area contributed by atoms with Gasteiger partial charge < -0.3 is 4.74 Å². The van der Waals surface area contributed by atoms with Crippen molar-refractivity contribution in [3.63, 3.8) is 0 Å². The SMILES string of the molecule is C[C@H](N=C1NS(=O)(=O)c2ccccc21)C(=O)NNC(=O)COc1ccc(C#N)cc1. The first-order chi connectivity index (χ1) is 14.3. The molecule has 1 heterocycles. The van der Waals surface area contributed by atoms with Crippen molar-refractivity contribution in [2.45, 2.75) is 17.9 Å². The molecule has 154 valence electrons. The second kappa shape index (κ2) is 8.62.